The lowest BCUT2D eigenvalue weighted by atomic mass is 10.3. The molecule has 0 bridgehead atoms. The van der Waals surface area contributed by atoms with Crippen LogP contribution in [0.15, 0.2) is 71.9 Å². The van der Waals surface area contributed by atoms with Gasteiger partial charge in [0.2, 0.25) is 5.91 Å². The van der Waals surface area contributed by atoms with E-state index in [0.29, 0.717) is 15.7 Å². The number of rotatable bonds is 6. The second kappa shape index (κ2) is 8.77. The van der Waals surface area contributed by atoms with E-state index in [4.69, 9.17) is 23.2 Å². The highest BCUT2D eigenvalue weighted by Crippen LogP contribution is 2.25. The molecule has 29 heavy (non-hydrogen) atoms. The van der Waals surface area contributed by atoms with E-state index >= 15 is 0 Å². The maximum atomic E-state index is 13.3. The molecule has 2 aromatic carbocycles. The summed E-state index contributed by atoms with van der Waals surface area (Å²) in [6.45, 7) is -0.563. The number of hydrogen-bond acceptors (Lipinski definition) is 4. The van der Waals surface area contributed by atoms with E-state index in [-0.39, 0.29) is 10.6 Å². The number of halogens is 3. The van der Waals surface area contributed by atoms with E-state index in [1.165, 1.54) is 54.9 Å². The third-order valence-electron chi connectivity index (χ3n) is 3.77. The standard InChI is InChI=1S/C19H14Cl2FN3O3S/c20-13-8-14(21)10-16(9-13)24-19(26)12-25(17-5-3-15(22)4-6-17)29(27,28)18-2-1-7-23-11-18/h1-11H,12H2,(H,24,26). The maximum absolute atomic E-state index is 13.3. The first-order valence-corrected chi connectivity index (χ1v) is 10.4. The van der Waals surface area contributed by atoms with Gasteiger partial charge in [-0.1, -0.05) is 23.2 Å². The fourth-order valence-electron chi connectivity index (χ4n) is 2.51. The highest BCUT2D eigenvalue weighted by atomic mass is 35.5. The molecule has 3 rings (SSSR count). The third kappa shape index (κ3) is 5.23. The number of hydrogen-bond donors (Lipinski definition) is 1. The van der Waals surface area contributed by atoms with Gasteiger partial charge in [-0.2, -0.15) is 0 Å². The lowest BCUT2D eigenvalue weighted by molar-refractivity contribution is -0.114. The van der Waals surface area contributed by atoms with E-state index in [2.05, 4.69) is 10.3 Å². The Balaban J connectivity index is 1.93. The molecule has 0 spiro atoms. The fraction of sp³-hybridized carbons (Fsp3) is 0.0526. The molecule has 0 aliphatic carbocycles. The molecule has 10 heteroatoms. The highest BCUT2D eigenvalue weighted by molar-refractivity contribution is 7.92. The number of anilines is 2. The molecule has 0 saturated heterocycles. The minimum atomic E-state index is -4.14. The molecule has 0 radical (unpaired) electrons. The van der Waals surface area contributed by atoms with Crippen molar-refractivity contribution >= 4 is 50.5 Å². The Morgan fingerprint density at radius 3 is 2.31 bits per heavy atom. The minimum Gasteiger partial charge on any atom is -0.324 e. The van der Waals surface area contributed by atoms with E-state index in [9.17, 15) is 17.6 Å². The SMILES string of the molecule is O=C(CN(c1ccc(F)cc1)S(=O)(=O)c1cccnc1)Nc1cc(Cl)cc(Cl)c1. The summed E-state index contributed by atoms with van der Waals surface area (Å²) >= 11 is 11.8. The average molecular weight is 454 g/mol. The quantitative estimate of drug-likeness (QED) is 0.600. The van der Waals surface area contributed by atoms with E-state index in [0.717, 1.165) is 16.4 Å². The largest absolute Gasteiger partial charge is 0.324 e. The van der Waals surface area contributed by atoms with E-state index in [1.54, 1.807) is 0 Å². The molecule has 0 fully saturated rings. The Morgan fingerprint density at radius 2 is 1.72 bits per heavy atom. The van der Waals surface area contributed by atoms with Gasteiger partial charge in [-0.25, -0.2) is 12.8 Å². The van der Waals surface area contributed by atoms with Crippen LogP contribution >= 0.6 is 23.2 Å². The van der Waals surface area contributed by atoms with Gasteiger partial charge < -0.3 is 5.32 Å². The van der Waals surface area contributed by atoms with Gasteiger partial charge in [0.05, 0.1) is 5.69 Å². The summed E-state index contributed by atoms with van der Waals surface area (Å²) < 4.78 is 40.3. The molecule has 0 aliphatic rings. The van der Waals surface area contributed by atoms with Crippen molar-refractivity contribution in [2.75, 3.05) is 16.2 Å². The zero-order valence-electron chi connectivity index (χ0n) is 14.7. The molecule has 6 nitrogen and oxygen atoms in total. The van der Waals surface area contributed by atoms with Crippen molar-refractivity contribution in [1.82, 2.24) is 4.98 Å². The summed E-state index contributed by atoms with van der Waals surface area (Å²) in [7, 11) is -4.14. The van der Waals surface area contributed by atoms with Crippen molar-refractivity contribution in [3.05, 3.63) is 82.9 Å². The Bertz CT molecular complexity index is 1110. The van der Waals surface area contributed by atoms with Crippen molar-refractivity contribution in [3.63, 3.8) is 0 Å². The summed E-state index contributed by atoms with van der Waals surface area (Å²) in [6, 6.07) is 12.0. The van der Waals surface area contributed by atoms with Crippen LogP contribution in [0.25, 0.3) is 0 Å². The monoisotopic (exact) mass is 453 g/mol. The lowest BCUT2D eigenvalue weighted by Gasteiger charge is -2.24. The van der Waals surface area contributed by atoms with Gasteiger partial charge in [-0.05, 0) is 54.6 Å². The van der Waals surface area contributed by atoms with Gasteiger partial charge >= 0.3 is 0 Å². The first-order chi connectivity index (χ1) is 13.8. The van der Waals surface area contributed by atoms with Crippen molar-refractivity contribution in [1.29, 1.82) is 0 Å². The fourth-order valence-corrected chi connectivity index (χ4v) is 4.42. The van der Waals surface area contributed by atoms with Crippen molar-refractivity contribution < 1.29 is 17.6 Å². The molecule has 150 valence electrons. The number of pyridine rings is 1. The maximum Gasteiger partial charge on any atom is 0.266 e. The zero-order valence-corrected chi connectivity index (χ0v) is 17.0. The van der Waals surface area contributed by atoms with Crippen LogP contribution in [-0.4, -0.2) is 25.9 Å². The number of sulfonamides is 1. The number of amides is 1. The summed E-state index contributed by atoms with van der Waals surface area (Å²) in [5.74, 6) is -1.18. The first-order valence-electron chi connectivity index (χ1n) is 8.20. The van der Waals surface area contributed by atoms with E-state index in [1.807, 2.05) is 0 Å². The van der Waals surface area contributed by atoms with Gasteiger partial charge in [-0.15, -0.1) is 0 Å². The van der Waals surface area contributed by atoms with Crippen molar-refractivity contribution in [3.8, 4) is 0 Å². The van der Waals surface area contributed by atoms with Crippen LogP contribution in [0.1, 0.15) is 0 Å². The Labute approximate surface area is 176 Å². The lowest BCUT2D eigenvalue weighted by Crippen LogP contribution is -2.38. The molecule has 0 atom stereocenters. The first kappa shape index (κ1) is 21.0. The van der Waals surface area contributed by atoms with Gasteiger partial charge in [0.15, 0.2) is 0 Å². The van der Waals surface area contributed by atoms with Gasteiger partial charge in [0.25, 0.3) is 10.0 Å². The smallest absolute Gasteiger partial charge is 0.266 e. The molecule has 1 N–H and O–H groups in total. The molecule has 1 amide bonds. The Kier molecular flexibility index (Phi) is 6.36. The van der Waals surface area contributed by atoms with Crippen LogP contribution in [-0.2, 0) is 14.8 Å². The summed E-state index contributed by atoms with van der Waals surface area (Å²) in [6.07, 6.45) is 2.59. The summed E-state index contributed by atoms with van der Waals surface area (Å²) in [5.41, 5.74) is 0.430. The zero-order chi connectivity index (χ0) is 21.0. The number of nitrogens with zero attached hydrogens (tertiary/aromatic N) is 2. The molecule has 0 aliphatic heterocycles. The van der Waals surface area contributed by atoms with Crippen molar-refractivity contribution in [2.45, 2.75) is 4.90 Å². The second-order valence-corrected chi connectivity index (χ2v) is 8.62. The van der Waals surface area contributed by atoms with E-state index < -0.39 is 28.3 Å². The number of carbonyl (C=O) groups excluding carboxylic acids is 1. The van der Waals surface area contributed by atoms with Crippen LogP contribution in [0.3, 0.4) is 0 Å². The summed E-state index contributed by atoms with van der Waals surface area (Å²) in [5, 5.41) is 3.18. The van der Waals surface area contributed by atoms with Crippen LogP contribution in [0, 0.1) is 5.82 Å². The predicted molar refractivity (Wildman–Crippen MR) is 110 cm³/mol. The van der Waals surface area contributed by atoms with Crippen LogP contribution < -0.4 is 9.62 Å². The number of benzene rings is 2. The molecule has 0 saturated carbocycles. The Hall–Kier alpha value is -2.68. The predicted octanol–water partition coefficient (Wildman–Crippen LogP) is 4.36. The van der Waals surface area contributed by atoms with Gasteiger partial charge in [0, 0.05) is 28.1 Å². The van der Waals surface area contributed by atoms with Crippen LogP contribution in [0.5, 0.6) is 0 Å². The third-order valence-corrected chi connectivity index (χ3v) is 5.96. The molecular formula is C19H14Cl2FN3O3S. The second-order valence-electron chi connectivity index (χ2n) is 5.88. The molecule has 0 unspecified atom stereocenters. The number of nitrogens with one attached hydrogen (secondary N) is 1. The van der Waals surface area contributed by atoms with Crippen LogP contribution in [0.2, 0.25) is 10.0 Å². The number of aromatic nitrogens is 1. The molecule has 1 heterocycles. The van der Waals surface area contributed by atoms with Gasteiger partial charge in [0.1, 0.15) is 17.3 Å². The molecular weight excluding hydrogens is 440 g/mol. The topological polar surface area (TPSA) is 79.4 Å². The summed E-state index contributed by atoms with van der Waals surface area (Å²) in [4.78, 5) is 16.3. The van der Waals surface area contributed by atoms with Crippen molar-refractivity contribution in [2.24, 2.45) is 0 Å². The normalized spacial score (nSPS) is 11.1. The minimum absolute atomic E-state index is 0.108. The van der Waals surface area contributed by atoms with Gasteiger partial charge in [-0.3, -0.25) is 14.1 Å². The number of carbonyl (C=O) groups is 1. The molecule has 1 aromatic heterocycles. The highest BCUT2D eigenvalue weighted by Gasteiger charge is 2.27. The van der Waals surface area contributed by atoms with Crippen LogP contribution in [0.4, 0.5) is 15.8 Å². The molecule has 3 aromatic rings. The Morgan fingerprint density at radius 1 is 1.07 bits per heavy atom. The average Bonchev–Trinajstić information content (AvgIpc) is 2.67.